The van der Waals surface area contributed by atoms with Gasteiger partial charge in [0.05, 0.1) is 5.52 Å². The maximum atomic E-state index is 4.46. The summed E-state index contributed by atoms with van der Waals surface area (Å²) in [6, 6.07) is 10.4. The normalized spacial score (nSPS) is 15.1. The molecule has 0 bridgehead atoms. The van der Waals surface area contributed by atoms with Crippen LogP contribution in [-0.2, 0) is 0 Å². The molecule has 1 aromatic heterocycles. The average Bonchev–Trinajstić information content (AvgIpc) is 2.39. The zero-order chi connectivity index (χ0) is 10.8. The molecular formula is C14H12N2. The van der Waals surface area contributed by atoms with Crippen molar-refractivity contribution in [1.29, 1.82) is 0 Å². The summed E-state index contributed by atoms with van der Waals surface area (Å²) in [5, 5.41) is 1.19. The van der Waals surface area contributed by atoms with Crippen LogP contribution >= 0.6 is 0 Å². The van der Waals surface area contributed by atoms with E-state index in [-0.39, 0.29) is 0 Å². The summed E-state index contributed by atoms with van der Waals surface area (Å²) >= 11 is 0. The van der Waals surface area contributed by atoms with Gasteiger partial charge in [-0.15, -0.1) is 0 Å². The number of rotatable bonds is 1. The Bertz CT molecular complexity index is 577. The highest BCUT2D eigenvalue weighted by atomic mass is 14.7. The zero-order valence-electron chi connectivity index (χ0n) is 8.93. The van der Waals surface area contributed by atoms with Gasteiger partial charge in [0, 0.05) is 29.6 Å². The Morgan fingerprint density at radius 3 is 2.88 bits per heavy atom. The molecule has 0 unspecified atom stereocenters. The average molecular weight is 208 g/mol. The molecule has 2 heteroatoms. The fourth-order valence-corrected chi connectivity index (χ4v) is 2.07. The molecule has 2 heterocycles. The lowest BCUT2D eigenvalue weighted by Gasteiger charge is -2.10. The SMILES string of the molecule is C1=NC=C(c2cccc3cccnc23)CC1. The van der Waals surface area contributed by atoms with Gasteiger partial charge >= 0.3 is 0 Å². The van der Waals surface area contributed by atoms with Gasteiger partial charge in [0.15, 0.2) is 0 Å². The van der Waals surface area contributed by atoms with Crippen LogP contribution in [-0.4, -0.2) is 11.2 Å². The van der Waals surface area contributed by atoms with Crippen molar-refractivity contribution in [2.24, 2.45) is 4.99 Å². The Morgan fingerprint density at radius 2 is 2.00 bits per heavy atom. The lowest BCUT2D eigenvalue weighted by molar-refractivity contribution is 1.10. The molecule has 0 atom stereocenters. The van der Waals surface area contributed by atoms with Gasteiger partial charge in [-0.2, -0.15) is 0 Å². The Kier molecular flexibility index (Phi) is 2.26. The minimum atomic E-state index is 1.02. The first-order valence-corrected chi connectivity index (χ1v) is 5.50. The quantitative estimate of drug-likeness (QED) is 0.704. The van der Waals surface area contributed by atoms with Gasteiger partial charge in [-0.05, 0) is 24.5 Å². The number of pyridine rings is 1. The maximum Gasteiger partial charge on any atom is 0.0777 e. The minimum absolute atomic E-state index is 1.02. The van der Waals surface area contributed by atoms with Crippen molar-refractivity contribution in [3.8, 4) is 0 Å². The molecule has 0 N–H and O–H groups in total. The molecule has 0 radical (unpaired) electrons. The molecule has 1 aliphatic heterocycles. The van der Waals surface area contributed by atoms with Crippen molar-refractivity contribution in [1.82, 2.24) is 4.98 Å². The van der Waals surface area contributed by atoms with Gasteiger partial charge in [0.1, 0.15) is 0 Å². The van der Waals surface area contributed by atoms with E-state index in [1.54, 1.807) is 0 Å². The molecule has 78 valence electrons. The summed E-state index contributed by atoms with van der Waals surface area (Å²) in [5.41, 5.74) is 3.58. The van der Waals surface area contributed by atoms with Gasteiger partial charge in [-0.3, -0.25) is 9.98 Å². The second-order valence-electron chi connectivity index (χ2n) is 3.91. The number of aliphatic imine (C=N–C) groups is 1. The second kappa shape index (κ2) is 3.89. The topological polar surface area (TPSA) is 25.2 Å². The predicted octanol–water partition coefficient (Wildman–Crippen LogP) is 3.44. The molecule has 1 aromatic carbocycles. The molecule has 0 spiro atoms. The Labute approximate surface area is 94.4 Å². The molecular weight excluding hydrogens is 196 g/mol. The highest BCUT2D eigenvalue weighted by Crippen LogP contribution is 2.27. The first-order valence-electron chi connectivity index (χ1n) is 5.50. The van der Waals surface area contributed by atoms with Crippen LogP contribution in [0.4, 0.5) is 0 Å². The van der Waals surface area contributed by atoms with Crippen molar-refractivity contribution < 1.29 is 0 Å². The fraction of sp³-hybridized carbons (Fsp3) is 0.143. The van der Waals surface area contributed by atoms with Crippen LogP contribution in [0, 0.1) is 0 Å². The summed E-state index contributed by atoms with van der Waals surface area (Å²) in [6.45, 7) is 0. The van der Waals surface area contributed by atoms with Crippen LogP contribution in [0.15, 0.2) is 47.7 Å². The van der Waals surface area contributed by atoms with Crippen LogP contribution in [0.1, 0.15) is 18.4 Å². The maximum absolute atomic E-state index is 4.46. The summed E-state index contributed by atoms with van der Waals surface area (Å²) < 4.78 is 0. The number of hydrogen-bond donors (Lipinski definition) is 0. The first-order chi connectivity index (χ1) is 7.95. The predicted molar refractivity (Wildman–Crippen MR) is 67.4 cm³/mol. The Morgan fingerprint density at radius 1 is 1.06 bits per heavy atom. The van der Waals surface area contributed by atoms with Crippen molar-refractivity contribution in [2.75, 3.05) is 0 Å². The molecule has 2 nitrogen and oxygen atoms in total. The molecule has 0 aliphatic carbocycles. The van der Waals surface area contributed by atoms with E-state index in [4.69, 9.17) is 0 Å². The molecule has 1 aliphatic rings. The van der Waals surface area contributed by atoms with Crippen LogP contribution in [0.3, 0.4) is 0 Å². The first kappa shape index (κ1) is 9.28. The number of benzene rings is 1. The van der Waals surface area contributed by atoms with Crippen molar-refractivity contribution in [3.63, 3.8) is 0 Å². The molecule has 0 fully saturated rings. The van der Waals surface area contributed by atoms with Gasteiger partial charge in [0.25, 0.3) is 0 Å². The number of aromatic nitrogens is 1. The van der Waals surface area contributed by atoms with E-state index in [2.05, 4.69) is 34.2 Å². The van der Waals surface area contributed by atoms with Crippen LogP contribution in [0.5, 0.6) is 0 Å². The third-order valence-electron chi connectivity index (χ3n) is 2.86. The Balaban J connectivity index is 2.23. The molecule has 0 saturated carbocycles. The van der Waals surface area contributed by atoms with Gasteiger partial charge < -0.3 is 0 Å². The van der Waals surface area contributed by atoms with E-state index < -0.39 is 0 Å². The number of hydrogen-bond acceptors (Lipinski definition) is 2. The lowest BCUT2D eigenvalue weighted by atomic mass is 9.98. The van der Waals surface area contributed by atoms with Gasteiger partial charge in [-0.1, -0.05) is 24.3 Å². The van der Waals surface area contributed by atoms with Crippen LogP contribution < -0.4 is 0 Å². The summed E-state index contributed by atoms with van der Waals surface area (Å²) in [5.74, 6) is 0. The third-order valence-corrected chi connectivity index (χ3v) is 2.86. The summed E-state index contributed by atoms with van der Waals surface area (Å²) in [7, 11) is 0. The molecule has 3 rings (SSSR count). The van der Waals surface area contributed by atoms with Crippen LogP contribution in [0.25, 0.3) is 16.5 Å². The number of fused-ring (bicyclic) bond motifs is 1. The molecule has 0 amide bonds. The second-order valence-corrected chi connectivity index (χ2v) is 3.91. The van der Waals surface area contributed by atoms with E-state index in [0.29, 0.717) is 0 Å². The number of allylic oxidation sites excluding steroid dienone is 1. The third kappa shape index (κ3) is 1.52. The van der Waals surface area contributed by atoms with Crippen molar-refractivity contribution in [3.05, 3.63) is 48.3 Å². The number of nitrogens with zero attached hydrogens (tertiary/aromatic N) is 2. The molecule has 2 aromatic rings. The van der Waals surface area contributed by atoms with Gasteiger partial charge in [0.2, 0.25) is 0 Å². The van der Waals surface area contributed by atoms with Crippen molar-refractivity contribution >= 4 is 22.7 Å². The van der Waals surface area contributed by atoms with Crippen molar-refractivity contribution in [2.45, 2.75) is 12.8 Å². The van der Waals surface area contributed by atoms with E-state index >= 15 is 0 Å². The highest BCUT2D eigenvalue weighted by Gasteiger charge is 2.08. The van der Waals surface area contributed by atoms with E-state index in [1.807, 2.05) is 24.7 Å². The zero-order valence-corrected chi connectivity index (χ0v) is 8.93. The van der Waals surface area contributed by atoms with Crippen LogP contribution in [0.2, 0.25) is 0 Å². The minimum Gasteiger partial charge on any atom is -0.269 e. The fourth-order valence-electron chi connectivity index (χ4n) is 2.07. The Hall–Kier alpha value is -1.96. The standard InChI is InChI=1S/C14H12N2/c1-4-11-5-3-9-16-14(11)13(7-1)12-6-2-8-15-10-12/h1,3-5,7-10H,2,6H2. The highest BCUT2D eigenvalue weighted by molar-refractivity contribution is 5.91. The summed E-state index contributed by atoms with van der Waals surface area (Å²) in [6.07, 6.45) is 7.84. The van der Waals surface area contributed by atoms with Gasteiger partial charge in [-0.25, -0.2) is 0 Å². The number of para-hydroxylation sites is 1. The largest absolute Gasteiger partial charge is 0.269 e. The van der Waals surface area contributed by atoms with E-state index in [1.165, 1.54) is 16.5 Å². The smallest absolute Gasteiger partial charge is 0.0777 e. The summed E-state index contributed by atoms with van der Waals surface area (Å²) in [4.78, 5) is 8.69. The van der Waals surface area contributed by atoms with E-state index in [9.17, 15) is 0 Å². The van der Waals surface area contributed by atoms with E-state index in [0.717, 1.165) is 18.4 Å². The monoisotopic (exact) mass is 208 g/mol. The lowest BCUT2D eigenvalue weighted by Crippen LogP contribution is -1.93. The molecule has 16 heavy (non-hydrogen) atoms. The molecule has 0 saturated heterocycles.